The smallest absolute Gasteiger partial charge is 0.120 e. The van der Waals surface area contributed by atoms with Crippen LogP contribution in [0.3, 0.4) is 0 Å². The predicted octanol–water partition coefficient (Wildman–Crippen LogP) is 9.44. The Balaban J connectivity index is 0.000000243. The van der Waals surface area contributed by atoms with Gasteiger partial charge in [-0.1, -0.05) is 93.8 Å². The molecule has 0 aliphatic rings. The van der Waals surface area contributed by atoms with Crippen LogP contribution in [0.2, 0.25) is 19.6 Å². The monoisotopic (exact) mass is 747 g/mol. The van der Waals surface area contributed by atoms with Crippen LogP contribution in [-0.4, -0.2) is 18.0 Å². The summed E-state index contributed by atoms with van der Waals surface area (Å²) in [6, 6.07) is 33.4. The molecule has 3 aromatic heterocycles. The number of furan rings is 1. The van der Waals surface area contributed by atoms with E-state index < -0.39 is 8.07 Å². The zero-order chi connectivity index (χ0) is 29.2. The molecule has 3 aromatic carbocycles. The van der Waals surface area contributed by atoms with Crippen LogP contribution in [0.15, 0.2) is 95.7 Å². The van der Waals surface area contributed by atoms with Crippen LogP contribution in [0.1, 0.15) is 31.9 Å². The Morgan fingerprint density at radius 3 is 2.14 bits per heavy atom. The zero-order valence-electron chi connectivity index (χ0n) is 25.5. The molecule has 42 heavy (non-hydrogen) atoms. The SMILES string of the molecule is CC(C)(C)Cc1ccc(-c2[c-]cc([Si](C)(C)C)c3c2oc2ccccc23)nc1.Cc1ccc(-c2[c-]cccc2)nc1.[Ir]. The Morgan fingerprint density at radius 2 is 1.52 bits per heavy atom. The minimum atomic E-state index is -1.55. The van der Waals surface area contributed by atoms with Gasteiger partial charge in [0.25, 0.3) is 0 Å². The van der Waals surface area contributed by atoms with Gasteiger partial charge in [0.2, 0.25) is 0 Å². The third kappa shape index (κ3) is 7.33. The molecule has 1 radical (unpaired) electrons. The molecule has 0 atom stereocenters. The number of pyridine rings is 2. The Bertz CT molecular complexity index is 1760. The van der Waals surface area contributed by atoms with E-state index in [0.717, 1.165) is 40.1 Å². The summed E-state index contributed by atoms with van der Waals surface area (Å²) in [7, 11) is -1.55. The molecule has 0 N–H and O–H groups in total. The molecule has 0 bridgehead atoms. The summed E-state index contributed by atoms with van der Waals surface area (Å²) in [5, 5.41) is 3.82. The molecule has 0 fully saturated rings. The van der Waals surface area contributed by atoms with Gasteiger partial charge >= 0.3 is 0 Å². The quantitative estimate of drug-likeness (QED) is 0.133. The van der Waals surface area contributed by atoms with Gasteiger partial charge in [-0.3, -0.25) is 0 Å². The van der Waals surface area contributed by atoms with E-state index in [1.165, 1.54) is 27.1 Å². The van der Waals surface area contributed by atoms with E-state index in [0.29, 0.717) is 0 Å². The van der Waals surface area contributed by atoms with Gasteiger partial charge in [0.05, 0.1) is 5.58 Å². The number of aromatic nitrogens is 2. The third-order valence-corrected chi connectivity index (χ3v) is 8.98. The first-order valence-electron chi connectivity index (χ1n) is 14.2. The molecule has 0 spiro atoms. The molecule has 0 aliphatic heterocycles. The van der Waals surface area contributed by atoms with Crippen LogP contribution in [-0.2, 0) is 26.5 Å². The van der Waals surface area contributed by atoms with Crippen LogP contribution in [0.25, 0.3) is 44.5 Å². The predicted molar refractivity (Wildman–Crippen MR) is 175 cm³/mol. The fraction of sp³-hybridized carbons (Fsp3) is 0.243. The van der Waals surface area contributed by atoms with Crippen molar-refractivity contribution in [3.05, 3.63) is 115 Å². The minimum Gasteiger partial charge on any atom is -0.501 e. The van der Waals surface area contributed by atoms with Gasteiger partial charge in [-0.25, -0.2) is 0 Å². The summed E-state index contributed by atoms with van der Waals surface area (Å²) in [6.45, 7) is 15.9. The second-order valence-corrected chi connectivity index (χ2v) is 18.0. The van der Waals surface area contributed by atoms with E-state index in [4.69, 9.17) is 9.40 Å². The molecule has 0 saturated carbocycles. The molecule has 3 nitrogen and oxygen atoms in total. The number of rotatable bonds is 4. The molecule has 0 saturated heterocycles. The maximum Gasteiger partial charge on any atom is 0.120 e. The molecular formula is C37H38IrN2OSi-2. The summed E-state index contributed by atoms with van der Waals surface area (Å²) in [5.41, 5.74) is 8.43. The topological polar surface area (TPSA) is 38.9 Å². The van der Waals surface area contributed by atoms with Crippen molar-refractivity contribution in [1.82, 2.24) is 9.97 Å². The zero-order valence-corrected chi connectivity index (χ0v) is 28.9. The van der Waals surface area contributed by atoms with E-state index in [1.807, 2.05) is 61.8 Å². The number of nitrogens with zero attached hydrogens (tertiary/aromatic N) is 2. The molecule has 5 heteroatoms. The molecule has 3 heterocycles. The number of hydrogen-bond donors (Lipinski definition) is 0. The van der Waals surface area contributed by atoms with E-state index in [1.54, 1.807) is 0 Å². The molecule has 0 amide bonds. The first kappa shape index (κ1) is 31.6. The summed E-state index contributed by atoms with van der Waals surface area (Å²) in [6.07, 6.45) is 4.88. The summed E-state index contributed by atoms with van der Waals surface area (Å²) in [4.78, 5) is 9.08. The first-order chi connectivity index (χ1) is 19.5. The van der Waals surface area contributed by atoms with Crippen LogP contribution in [0.4, 0.5) is 0 Å². The van der Waals surface area contributed by atoms with Gasteiger partial charge in [0.1, 0.15) is 5.58 Å². The van der Waals surface area contributed by atoms with Crippen molar-refractivity contribution in [2.45, 2.75) is 53.8 Å². The number of hydrogen-bond acceptors (Lipinski definition) is 3. The molecular weight excluding hydrogens is 709 g/mol. The van der Waals surface area contributed by atoms with Crippen molar-refractivity contribution in [1.29, 1.82) is 0 Å². The van der Waals surface area contributed by atoms with Crippen LogP contribution < -0.4 is 5.19 Å². The minimum absolute atomic E-state index is 0. The summed E-state index contributed by atoms with van der Waals surface area (Å²) in [5.74, 6) is 0. The average molecular weight is 747 g/mol. The maximum atomic E-state index is 6.34. The Labute approximate surface area is 264 Å². The Hall–Kier alpha value is -3.37. The van der Waals surface area contributed by atoms with Gasteiger partial charge in [-0.05, 0) is 47.3 Å². The van der Waals surface area contributed by atoms with Crippen molar-refractivity contribution in [3.8, 4) is 22.5 Å². The van der Waals surface area contributed by atoms with Gasteiger partial charge in [-0.2, -0.15) is 0 Å². The van der Waals surface area contributed by atoms with Crippen LogP contribution in [0, 0.1) is 24.5 Å². The average Bonchev–Trinajstić information content (AvgIpc) is 3.33. The normalized spacial score (nSPS) is 11.6. The van der Waals surface area contributed by atoms with E-state index in [-0.39, 0.29) is 25.5 Å². The van der Waals surface area contributed by atoms with Crippen molar-refractivity contribution < 1.29 is 24.5 Å². The van der Waals surface area contributed by atoms with E-state index in [9.17, 15) is 0 Å². The van der Waals surface area contributed by atoms with Crippen molar-refractivity contribution in [2.75, 3.05) is 0 Å². The molecule has 217 valence electrons. The standard InChI is InChI=1S/C25H28NOSi.C12H10N.Ir/c1-25(2,3)15-17-11-13-20(26-16-17)18-12-14-22(28(4,5)6)23-19-9-7-8-10-21(19)27-24(18)23;1-10-7-8-12(13-9-10)11-5-3-2-4-6-11;/h7-11,13-14,16H,15H2,1-6H3;2-5,7-9H,1H3;/q2*-1;. The van der Waals surface area contributed by atoms with E-state index in [2.05, 4.69) is 93.9 Å². The summed E-state index contributed by atoms with van der Waals surface area (Å²) < 4.78 is 6.34. The number of benzene rings is 3. The number of para-hydroxylation sites is 1. The van der Waals surface area contributed by atoms with Gasteiger partial charge in [-0.15, -0.1) is 53.2 Å². The third-order valence-electron chi connectivity index (χ3n) is 6.97. The maximum absolute atomic E-state index is 6.34. The number of fused-ring (bicyclic) bond motifs is 3. The fourth-order valence-electron chi connectivity index (χ4n) is 5.02. The Kier molecular flexibility index (Phi) is 9.67. The van der Waals surface area contributed by atoms with Crippen molar-refractivity contribution in [2.24, 2.45) is 5.41 Å². The second kappa shape index (κ2) is 12.9. The van der Waals surface area contributed by atoms with Gasteiger partial charge < -0.3 is 14.4 Å². The van der Waals surface area contributed by atoms with Gasteiger partial charge in [0, 0.05) is 46.0 Å². The molecule has 0 aliphatic carbocycles. The van der Waals surface area contributed by atoms with Crippen LogP contribution in [0.5, 0.6) is 0 Å². The number of aryl methyl sites for hydroxylation is 1. The largest absolute Gasteiger partial charge is 0.501 e. The van der Waals surface area contributed by atoms with Crippen LogP contribution >= 0.6 is 0 Å². The molecule has 0 unspecified atom stereocenters. The molecule has 6 aromatic rings. The van der Waals surface area contributed by atoms with Crippen molar-refractivity contribution in [3.63, 3.8) is 0 Å². The molecule has 6 rings (SSSR count). The first-order valence-corrected chi connectivity index (χ1v) is 17.7. The fourth-order valence-corrected chi connectivity index (χ4v) is 6.53. The van der Waals surface area contributed by atoms with Gasteiger partial charge in [0.15, 0.2) is 0 Å². The van der Waals surface area contributed by atoms with Crippen molar-refractivity contribution >= 4 is 35.2 Å². The summed E-state index contributed by atoms with van der Waals surface area (Å²) >= 11 is 0. The Morgan fingerprint density at radius 1 is 0.810 bits per heavy atom. The second-order valence-electron chi connectivity index (χ2n) is 12.9. The van der Waals surface area contributed by atoms with E-state index >= 15 is 0 Å².